The van der Waals surface area contributed by atoms with Crippen molar-refractivity contribution < 1.29 is 9.90 Å². The summed E-state index contributed by atoms with van der Waals surface area (Å²) in [7, 11) is 0. The summed E-state index contributed by atoms with van der Waals surface area (Å²) in [6.45, 7) is 0. The van der Waals surface area contributed by atoms with Gasteiger partial charge in [0.25, 0.3) is 0 Å². The predicted molar refractivity (Wildman–Crippen MR) is 76.7 cm³/mol. The first kappa shape index (κ1) is 12.0. The monoisotopic (exact) mass is 317 g/mol. The quantitative estimate of drug-likeness (QED) is 0.720. The second-order valence-electron chi connectivity index (χ2n) is 4.13. The molecule has 3 aromatic rings. The summed E-state index contributed by atoms with van der Waals surface area (Å²) in [5.41, 5.74) is 1.47. The van der Waals surface area contributed by atoms with E-state index in [-0.39, 0.29) is 15.0 Å². The number of carbonyl (C=O) groups is 1. The van der Waals surface area contributed by atoms with E-state index in [1.165, 1.54) is 9.85 Å². The Labute approximate surface area is 116 Å². The zero-order valence-corrected chi connectivity index (χ0v) is 11.7. The number of carboxylic acid groups (broad SMARTS) is 1. The van der Waals surface area contributed by atoms with Crippen LogP contribution in [-0.2, 0) is 0 Å². The van der Waals surface area contributed by atoms with Crippen LogP contribution < -0.4 is 8.92 Å². The number of nitrogens with one attached hydrogen (secondary N) is 1. The van der Waals surface area contributed by atoms with Crippen LogP contribution in [0.15, 0.2) is 54.7 Å². The van der Waals surface area contributed by atoms with Crippen LogP contribution in [-0.4, -0.2) is 31.0 Å². The topological polar surface area (TPSA) is 53.1 Å². The fraction of sp³-hybridized carbons (Fsp3) is 0. The molecule has 4 heteroatoms. The molecule has 94 valence electrons. The molecule has 0 unspecified atom stereocenters. The number of aromatic amines is 1. The molecule has 0 bridgehead atoms. The molecule has 2 aromatic carbocycles. The molecule has 0 atom stereocenters. The van der Waals surface area contributed by atoms with E-state index in [4.69, 9.17) is 5.11 Å². The predicted octanol–water partition coefficient (Wildman–Crippen LogP) is 1.52. The fourth-order valence-electron chi connectivity index (χ4n) is 1.95. The molecule has 1 heterocycles. The molecule has 0 saturated carbocycles. The van der Waals surface area contributed by atoms with Crippen LogP contribution in [0.5, 0.6) is 0 Å². The normalized spacial score (nSPS) is 10.7. The molecule has 0 radical (unpaired) electrons. The third-order valence-electron chi connectivity index (χ3n) is 2.86. The maximum atomic E-state index is 11.0. The summed E-state index contributed by atoms with van der Waals surface area (Å²) in [6.07, 6.45) is 2.01. The van der Waals surface area contributed by atoms with Crippen molar-refractivity contribution in [3.8, 4) is 0 Å². The van der Waals surface area contributed by atoms with Crippen LogP contribution in [0.2, 0.25) is 0 Å². The fourth-order valence-corrected chi connectivity index (χ4v) is 4.03. The average molecular weight is 316 g/mol. The SMILES string of the molecule is O=C(O)c1cccc([Se]c2c[nH]c3ccccc23)c1. The standard InChI is InChI=1S/C15H11NO2Se/c17-15(18)10-4-3-5-11(8-10)19-14-9-16-13-7-2-1-6-12(13)14/h1-9,16H,(H,17,18). The van der Waals surface area contributed by atoms with E-state index >= 15 is 0 Å². The van der Waals surface area contributed by atoms with E-state index < -0.39 is 5.97 Å². The molecule has 3 nitrogen and oxygen atoms in total. The third-order valence-corrected chi connectivity index (χ3v) is 5.06. The number of fused-ring (bicyclic) bond motifs is 1. The van der Waals surface area contributed by atoms with Gasteiger partial charge in [-0.1, -0.05) is 0 Å². The molecule has 0 amide bonds. The molecule has 1 aromatic heterocycles. The number of carboxylic acids is 1. The zero-order chi connectivity index (χ0) is 13.2. The van der Waals surface area contributed by atoms with Crippen molar-refractivity contribution in [2.24, 2.45) is 0 Å². The number of para-hydroxylation sites is 1. The molecule has 3 rings (SSSR count). The van der Waals surface area contributed by atoms with Crippen LogP contribution in [0.1, 0.15) is 10.4 Å². The summed E-state index contributed by atoms with van der Waals surface area (Å²) in [5.74, 6) is -0.878. The van der Waals surface area contributed by atoms with Crippen molar-refractivity contribution in [1.29, 1.82) is 0 Å². The molecule has 0 saturated heterocycles. The Morgan fingerprint density at radius 3 is 2.79 bits per heavy atom. The van der Waals surface area contributed by atoms with Crippen LogP contribution in [0.4, 0.5) is 0 Å². The minimum atomic E-state index is -0.878. The number of benzene rings is 2. The van der Waals surface area contributed by atoms with Gasteiger partial charge in [0.1, 0.15) is 0 Å². The first-order valence-electron chi connectivity index (χ1n) is 5.81. The molecular weight excluding hydrogens is 305 g/mol. The summed E-state index contributed by atoms with van der Waals surface area (Å²) in [4.78, 5) is 14.2. The van der Waals surface area contributed by atoms with Gasteiger partial charge in [0.15, 0.2) is 0 Å². The third kappa shape index (κ3) is 2.41. The van der Waals surface area contributed by atoms with Crippen molar-refractivity contribution >= 4 is 40.8 Å². The number of aromatic nitrogens is 1. The molecule has 0 aliphatic carbocycles. The number of hydrogen-bond acceptors (Lipinski definition) is 1. The number of aromatic carboxylic acids is 1. The Hall–Kier alpha value is -2.03. The Morgan fingerprint density at radius 2 is 1.95 bits per heavy atom. The summed E-state index contributed by atoms with van der Waals surface area (Å²) >= 11 is 0.102. The van der Waals surface area contributed by atoms with Gasteiger partial charge in [-0.05, 0) is 0 Å². The van der Waals surface area contributed by atoms with E-state index in [1.807, 2.05) is 30.5 Å². The van der Waals surface area contributed by atoms with Gasteiger partial charge < -0.3 is 0 Å². The first-order valence-corrected chi connectivity index (χ1v) is 7.53. The average Bonchev–Trinajstić information content (AvgIpc) is 2.83. The first-order chi connectivity index (χ1) is 9.24. The summed E-state index contributed by atoms with van der Waals surface area (Å²) in [5, 5.41) is 10.2. The van der Waals surface area contributed by atoms with Crippen LogP contribution in [0.25, 0.3) is 10.9 Å². The van der Waals surface area contributed by atoms with Gasteiger partial charge in [-0.2, -0.15) is 0 Å². The van der Waals surface area contributed by atoms with E-state index in [1.54, 1.807) is 18.2 Å². The van der Waals surface area contributed by atoms with Gasteiger partial charge in [-0.3, -0.25) is 0 Å². The maximum absolute atomic E-state index is 11.0. The molecule has 0 aliphatic heterocycles. The van der Waals surface area contributed by atoms with Gasteiger partial charge in [-0.25, -0.2) is 0 Å². The molecule has 2 N–H and O–H groups in total. The van der Waals surface area contributed by atoms with Gasteiger partial charge in [0.2, 0.25) is 0 Å². The number of rotatable bonds is 3. The molecular formula is C15H11NO2Se. The molecule has 19 heavy (non-hydrogen) atoms. The van der Waals surface area contributed by atoms with Crippen molar-refractivity contribution in [2.75, 3.05) is 0 Å². The van der Waals surface area contributed by atoms with Gasteiger partial charge >= 0.3 is 116 Å². The zero-order valence-electron chi connectivity index (χ0n) is 9.96. The summed E-state index contributed by atoms with van der Waals surface area (Å²) < 4.78 is 2.31. The van der Waals surface area contributed by atoms with Gasteiger partial charge in [-0.15, -0.1) is 0 Å². The van der Waals surface area contributed by atoms with Gasteiger partial charge in [0, 0.05) is 0 Å². The van der Waals surface area contributed by atoms with Crippen molar-refractivity contribution in [3.63, 3.8) is 0 Å². The Bertz CT molecular complexity index is 748. The minimum absolute atomic E-state index is 0.102. The van der Waals surface area contributed by atoms with Crippen LogP contribution in [0, 0.1) is 0 Å². The van der Waals surface area contributed by atoms with Crippen LogP contribution >= 0.6 is 0 Å². The Balaban J connectivity index is 1.97. The van der Waals surface area contributed by atoms with Gasteiger partial charge in [0.05, 0.1) is 0 Å². The number of hydrogen-bond donors (Lipinski definition) is 2. The molecule has 0 fully saturated rings. The van der Waals surface area contributed by atoms with E-state index in [9.17, 15) is 4.79 Å². The number of H-pyrrole nitrogens is 1. The van der Waals surface area contributed by atoms with E-state index in [0.29, 0.717) is 5.56 Å². The Kier molecular flexibility index (Phi) is 3.11. The van der Waals surface area contributed by atoms with E-state index in [2.05, 4.69) is 11.1 Å². The van der Waals surface area contributed by atoms with Crippen molar-refractivity contribution in [2.45, 2.75) is 0 Å². The van der Waals surface area contributed by atoms with Crippen molar-refractivity contribution in [1.82, 2.24) is 4.98 Å². The molecule has 0 aliphatic rings. The van der Waals surface area contributed by atoms with Crippen LogP contribution in [0.3, 0.4) is 0 Å². The second kappa shape index (κ2) is 4.92. The summed E-state index contributed by atoms with van der Waals surface area (Å²) in [6, 6.07) is 15.3. The van der Waals surface area contributed by atoms with Crippen molar-refractivity contribution in [3.05, 3.63) is 60.3 Å². The second-order valence-corrected chi connectivity index (χ2v) is 6.47. The molecule has 0 spiro atoms. The van der Waals surface area contributed by atoms with E-state index in [0.717, 1.165) is 9.98 Å². The Morgan fingerprint density at radius 1 is 1.11 bits per heavy atom.